The number of rotatable bonds is 8. The van der Waals surface area contributed by atoms with Crippen molar-refractivity contribution >= 4 is 45.7 Å². The molecule has 0 atom stereocenters. The fourth-order valence-electron chi connectivity index (χ4n) is 2.58. The summed E-state index contributed by atoms with van der Waals surface area (Å²) in [7, 11) is 3.17. The second-order valence-electron chi connectivity index (χ2n) is 6.27. The van der Waals surface area contributed by atoms with Crippen LogP contribution in [0, 0.1) is 0 Å². The lowest BCUT2D eigenvalue weighted by molar-refractivity contribution is -0.131. The van der Waals surface area contributed by atoms with Crippen molar-refractivity contribution in [3.63, 3.8) is 0 Å². The van der Waals surface area contributed by atoms with Gasteiger partial charge < -0.3 is 24.6 Å². The molecule has 1 aliphatic heterocycles. The van der Waals surface area contributed by atoms with E-state index in [9.17, 15) is 9.59 Å². The van der Waals surface area contributed by atoms with Gasteiger partial charge in [-0.1, -0.05) is 29.2 Å². The number of carbonyl (C=O) groups excluding carboxylic acids is 2. The monoisotopic (exact) mass is 437 g/mol. The number of nitrogens with zero attached hydrogens (tertiary/aromatic N) is 4. The molecule has 0 spiro atoms. The summed E-state index contributed by atoms with van der Waals surface area (Å²) in [5.41, 5.74) is 0.620. The van der Waals surface area contributed by atoms with Gasteiger partial charge in [-0.2, -0.15) is 0 Å². The van der Waals surface area contributed by atoms with E-state index in [-0.39, 0.29) is 24.1 Å². The van der Waals surface area contributed by atoms with E-state index in [4.69, 9.17) is 9.47 Å². The molecule has 0 aliphatic carbocycles. The maximum Gasteiger partial charge on any atom is 0.243 e. The van der Waals surface area contributed by atoms with Gasteiger partial charge in [0.05, 0.1) is 32.6 Å². The molecule has 2 aromatic rings. The number of amides is 2. The molecule has 0 radical (unpaired) electrons. The second-order valence-corrected chi connectivity index (χ2v) is 8.45. The Balaban J connectivity index is 1.44. The van der Waals surface area contributed by atoms with Crippen LogP contribution < -0.4 is 15.0 Å². The van der Waals surface area contributed by atoms with Gasteiger partial charge in [-0.25, -0.2) is 0 Å². The smallest absolute Gasteiger partial charge is 0.243 e. The predicted octanol–water partition coefficient (Wildman–Crippen LogP) is 1.57. The molecule has 9 nitrogen and oxygen atoms in total. The van der Waals surface area contributed by atoms with E-state index in [0.717, 1.165) is 22.6 Å². The third-order valence-corrected chi connectivity index (χ3v) is 6.26. The molecule has 2 heterocycles. The van der Waals surface area contributed by atoms with Gasteiger partial charge >= 0.3 is 0 Å². The summed E-state index contributed by atoms with van der Waals surface area (Å²) >= 11 is 2.79. The third kappa shape index (κ3) is 6.31. The molecule has 0 bridgehead atoms. The van der Waals surface area contributed by atoms with E-state index < -0.39 is 0 Å². The summed E-state index contributed by atoms with van der Waals surface area (Å²) in [6, 6.07) is 7.06. The Bertz CT molecular complexity index is 841. The topological polar surface area (TPSA) is 96.9 Å². The number of nitrogens with one attached hydrogen (secondary N) is 1. The Labute approximate surface area is 177 Å². The zero-order valence-corrected chi connectivity index (χ0v) is 17.9. The van der Waals surface area contributed by atoms with E-state index in [2.05, 4.69) is 20.4 Å². The zero-order valence-electron chi connectivity index (χ0n) is 16.3. The highest BCUT2D eigenvalue weighted by atomic mass is 32.2. The fourth-order valence-corrected chi connectivity index (χ4v) is 4.42. The minimum atomic E-state index is -0.273. The van der Waals surface area contributed by atoms with Crippen LogP contribution in [-0.2, 0) is 14.3 Å². The van der Waals surface area contributed by atoms with Crippen molar-refractivity contribution in [3.05, 3.63) is 24.3 Å². The molecule has 0 saturated carbocycles. The van der Waals surface area contributed by atoms with Crippen LogP contribution in [-0.4, -0.2) is 79.7 Å². The largest absolute Gasteiger partial charge is 0.497 e. The number of aromatic nitrogens is 2. The van der Waals surface area contributed by atoms with Crippen molar-refractivity contribution in [2.75, 3.05) is 63.0 Å². The van der Waals surface area contributed by atoms with Gasteiger partial charge in [0.15, 0.2) is 4.34 Å². The Morgan fingerprint density at radius 2 is 2.14 bits per heavy atom. The Morgan fingerprint density at radius 1 is 1.34 bits per heavy atom. The number of carbonyl (C=O) groups is 2. The lowest BCUT2D eigenvalue weighted by Gasteiger charge is -2.25. The summed E-state index contributed by atoms with van der Waals surface area (Å²) < 4.78 is 11.2. The lowest BCUT2D eigenvalue weighted by Crippen LogP contribution is -2.36. The zero-order chi connectivity index (χ0) is 20.6. The van der Waals surface area contributed by atoms with E-state index in [1.54, 1.807) is 38.4 Å². The van der Waals surface area contributed by atoms with Gasteiger partial charge in [0.2, 0.25) is 16.9 Å². The average molecular weight is 438 g/mol. The number of methoxy groups -OCH3 is 1. The first-order valence-electron chi connectivity index (χ1n) is 9.02. The van der Waals surface area contributed by atoms with Crippen LogP contribution in [0.5, 0.6) is 5.75 Å². The average Bonchev–Trinajstić information content (AvgIpc) is 3.21. The first-order valence-corrected chi connectivity index (χ1v) is 10.8. The summed E-state index contributed by atoms with van der Waals surface area (Å²) in [6.07, 6.45) is 0. The molecule has 156 valence electrons. The summed E-state index contributed by atoms with van der Waals surface area (Å²) in [6.45, 7) is 2.92. The minimum Gasteiger partial charge on any atom is -0.497 e. The van der Waals surface area contributed by atoms with Crippen molar-refractivity contribution in [2.45, 2.75) is 4.34 Å². The molecule has 3 rings (SSSR count). The number of benzene rings is 1. The highest BCUT2D eigenvalue weighted by molar-refractivity contribution is 8.01. The van der Waals surface area contributed by atoms with Crippen LogP contribution in [0.2, 0.25) is 0 Å². The van der Waals surface area contributed by atoms with E-state index in [0.29, 0.717) is 24.7 Å². The van der Waals surface area contributed by atoms with Gasteiger partial charge in [0.25, 0.3) is 0 Å². The van der Waals surface area contributed by atoms with Crippen molar-refractivity contribution in [3.8, 4) is 5.75 Å². The number of anilines is 2. The molecule has 29 heavy (non-hydrogen) atoms. The van der Waals surface area contributed by atoms with Gasteiger partial charge in [-0.3, -0.25) is 9.59 Å². The summed E-state index contributed by atoms with van der Waals surface area (Å²) in [5, 5.41) is 11.9. The molecule has 1 N–H and O–H groups in total. The molecule has 1 fully saturated rings. The van der Waals surface area contributed by atoms with Crippen LogP contribution in [0.3, 0.4) is 0 Å². The first-order chi connectivity index (χ1) is 14.0. The normalized spacial score (nSPS) is 13.8. The first kappa shape index (κ1) is 21.3. The van der Waals surface area contributed by atoms with Crippen LogP contribution in [0.4, 0.5) is 10.8 Å². The minimum absolute atomic E-state index is 0.0360. The van der Waals surface area contributed by atoms with E-state index >= 15 is 0 Å². The Kier molecular flexibility index (Phi) is 7.67. The molecule has 1 aliphatic rings. The van der Waals surface area contributed by atoms with Gasteiger partial charge in [0, 0.05) is 31.9 Å². The van der Waals surface area contributed by atoms with Crippen LogP contribution in [0.25, 0.3) is 0 Å². The Hall–Kier alpha value is -2.37. The molecule has 2 amide bonds. The van der Waals surface area contributed by atoms with Crippen molar-refractivity contribution in [1.29, 1.82) is 0 Å². The van der Waals surface area contributed by atoms with E-state index in [1.807, 2.05) is 0 Å². The molecule has 11 heteroatoms. The number of hydrogen-bond acceptors (Lipinski definition) is 9. The molecular formula is C18H23N5O4S2. The highest BCUT2D eigenvalue weighted by Crippen LogP contribution is 2.28. The number of thioether (sulfide) groups is 1. The molecular weight excluding hydrogens is 414 g/mol. The van der Waals surface area contributed by atoms with Crippen LogP contribution >= 0.6 is 23.1 Å². The number of likely N-dealkylation sites (N-methyl/N-ethyl adjacent to an activating group) is 1. The quantitative estimate of drug-likeness (QED) is 0.622. The number of morpholine rings is 1. The number of hydrogen-bond donors (Lipinski definition) is 1. The molecule has 1 aromatic heterocycles. The maximum atomic E-state index is 12.3. The maximum absolute atomic E-state index is 12.3. The van der Waals surface area contributed by atoms with Gasteiger partial charge in [0.1, 0.15) is 5.75 Å². The Morgan fingerprint density at radius 3 is 2.90 bits per heavy atom. The summed E-state index contributed by atoms with van der Waals surface area (Å²) in [5.74, 6) is 0.418. The lowest BCUT2D eigenvalue weighted by atomic mass is 10.3. The van der Waals surface area contributed by atoms with Crippen LogP contribution in [0.15, 0.2) is 28.6 Å². The standard InChI is InChI=1S/C18H23N5O4S2/c1-22(11-15(24)19-13-4-3-5-14(10-13)26-2)16(25)12-28-18-21-20-17(29-18)23-6-8-27-9-7-23/h3-5,10H,6-9,11-12H2,1-2H3,(H,19,24). The van der Waals surface area contributed by atoms with Gasteiger partial charge in [-0.05, 0) is 12.1 Å². The molecule has 1 aromatic carbocycles. The number of ether oxygens (including phenoxy) is 2. The second kappa shape index (κ2) is 10.4. The predicted molar refractivity (Wildman–Crippen MR) is 113 cm³/mol. The van der Waals surface area contributed by atoms with Crippen molar-refractivity contribution in [1.82, 2.24) is 15.1 Å². The fraction of sp³-hybridized carbons (Fsp3) is 0.444. The molecule has 1 saturated heterocycles. The molecule has 0 unspecified atom stereocenters. The van der Waals surface area contributed by atoms with Crippen LogP contribution in [0.1, 0.15) is 0 Å². The van der Waals surface area contributed by atoms with Gasteiger partial charge in [-0.15, -0.1) is 10.2 Å². The highest BCUT2D eigenvalue weighted by Gasteiger charge is 2.18. The third-order valence-electron chi connectivity index (χ3n) is 4.16. The summed E-state index contributed by atoms with van der Waals surface area (Å²) in [4.78, 5) is 28.1. The van der Waals surface area contributed by atoms with Crippen molar-refractivity contribution in [2.24, 2.45) is 0 Å². The van der Waals surface area contributed by atoms with Crippen molar-refractivity contribution < 1.29 is 19.1 Å². The van der Waals surface area contributed by atoms with E-state index in [1.165, 1.54) is 28.0 Å². The SMILES string of the molecule is COc1cccc(NC(=O)CN(C)C(=O)CSc2nnc(N3CCOCC3)s2)c1.